The highest BCUT2D eigenvalue weighted by molar-refractivity contribution is 5.92. The highest BCUT2D eigenvalue weighted by Crippen LogP contribution is 2.30. The summed E-state index contributed by atoms with van der Waals surface area (Å²) in [6.45, 7) is 6.40. The van der Waals surface area contributed by atoms with E-state index in [-0.39, 0.29) is 11.5 Å². The Balaban J connectivity index is 0.000000383. The van der Waals surface area contributed by atoms with Crippen molar-refractivity contribution in [1.82, 2.24) is 25.0 Å². The number of nitrogens with zero attached hydrogens (tertiary/aromatic N) is 4. The van der Waals surface area contributed by atoms with Crippen molar-refractivity contribution in [2.45, 2.75) is 38.1 Å². The van der Waals surface area contributed by atoms with Crippen molar-refractivity contribution < 1.29 is 32.6 Å². The average Bonchev–Trinajstić information content (AvgIpc) is 3.20. The number of aliphatic carboxylic acids is 1. The number of aromatic nitrogens is 3. The average molecular weight is 469 g/mol. The van der Waals surface area contributed by atoms with Gasteiger partial charge in [-0.1, -0.05) is 6.07 Å². The number of hydrogen-bond acceptors (Lipinski definition) is 6. The van der Waals surface area contributed by atoms with E-state index in [1.807, 2.05) is 30.2 Å². The number of carbonyl (C=O) groups is 2. The fourth-order valence-corrected chi connectivity index (χ4v) is 4.00. The minimum atomic E-state index is -5.08. The third kappa shape index (κ3) is 6.75. The first-order valence-electron chi connectivity index (χ1n) is 10.5. The van der Waals surface area contributed by atoms with Gasteiger partial charge < -0.3 is 14.7 Å². The van der Waals surface area contributed by atoms with Crippen molar-refractivity contribution in [2.24, 2.45) is 0 Å². The van der Waals surface area contributed by atoms with Crippen molar-refractivity contribution in [3.8, 4) is 0 Å². The van der Waals surface area contributed by atoms with E-state index in [1.165, 1.54) is 0 Å². The number of carboxylic acid groups (broad SMARTS) is 1. The third-order valence-electron chi connectivity index (χ3n) is 5.43. The van der Waals surface area contributed by atoms with Crippen LogP contribution in [-0.2, 0) is 16.1 Å². The lowest BCUT2D eigenvalue weighted by molar-refractivity contribution is -0.192. The van der Waals surface area contributed by atoms with Crippen LogP contribution in [0.1, 0.15) is 34.7 Å². The molecule has 1 spiro atoms. The molecule has 4 heterocycles. The fourth-order valence-electron chi connectivity index (χ4n) is 4.00. The zero-order valence-electron chi connectivity index (χ0n) is 18.1. The molecule has 0 bridgehead atoms. The van der Waals surface area contributed by atoms with Gasteiger partial charge in [-0.25, -0.2) is 4.79 Å². The van der Waals surface area contributed by atoms with Gasteiger partial charge in [0.2, 0.25) is 0 Å². The second-order valence-electron chi connectivity index (χ2n) is 8.13. The minimum absolute atomic E-state index is 0.0149. The molecule has 1 amide bonds. The molecule has 2 aliphatic heterocycles. The molecule has 1 unspecified atom stereocenters. The summed E-state index contributed by atoms with van der Waals surface area (Å²) in [6.07, 6.45) is -1.20. The van der Waals surface area contributed by atoms with Crippen LogP contribution in [0.3, 0.4) is 0 Å². The molecule has 9 nitrogen and oxygen atoms in total. The Hall–Kier alpha value is -2.99. The molecule has 2 aliphatic rings. The van der Waals surface area contributed by atoms with Crippen LogP contribution in [0.2, 0.25) is 0 Å². The number of piperidine rings is 1. The van der Waals surface area contributed by atoms with Gasteiger partial charge >= 0.3 is 12.1 Å². The van der Waals surface area contributed by atoms with Gasteiger partial charge in [0.25, 0.3) is 5.91 Å². The van der Waals surface area contributed by atoms with Crippen LogP contribution < -0.4 is 0 Å². The number of morpholine rings is 1. The number of pyridine rings is 1. The summed E-state index contributed by atoms with van der Waals surface area (Å²) in [6, 6.07) is 7.81. The minimum Gasteiger partial charge on any atom is -0.475 e. The van der Waals surface area contributed by atoms with Gasteiger partial charge in [0.05, 0.1) is 24.4 Å². The summed E-state index contributed by atoms with van der Waals surface area (Å²) < 4.78 is 37.9. The Morgan fingerprint density at radius 3 is 2.64 bits per heavy atom. The number of aryl methyl sites for hydroxylation is 1. The number of carboxylic acids is 1. The molecule has 2 saturated heterocycles. The van der Waals surface area contributed by atoms with Crippen molar-refractivity contribution in [3.05, 3.63) is 47.5 Å². The lowest BCUT2D eigenvalue weighted by Gasteiger charge is -2.47. The number of amides is 1. The second-order valence-corrected chi connectivity index (χ2v) is 8.13. The van der Waals surface area contributed by atoms with Gasteiger partial charge in [0.1, 0.15) is 5.69 Å². The van der Waals surface area contributed by atoms with Gasteiger partial charge in [0.15, 0.2) is 0 Å². The second kappa shape index (κ2) is 10.3. The number of hydrogen-bond donors (Lipinski definition) is 2. The maximum atomic E-state index is 12.8. The maximum Gasteiger partial charge on any atom is 0.490 e. The molecule has 2 aromatic rings. The molecule has 4 rings (SSSR count). The lowest BCUT2D eigenvalue weighted by Crippen LogP contribution is -2.60. The number of rotatable bonds is 3. The first-order valence-corrected chi connectivity index (χ1v) is 10.5. The molecule has 2 fully saturated rings. The van der Waals surface area contributed by atoms with Crippen molar-refractivity contribution in [1.29, 1.82) is 0 Å². The predicted octanol–water partition coefficient (Wildman–Crippen LogP) is 2.25. The topological polar surface area (TPSA) is 112 Å². The largest absolute Gasteiger partial charge is 0.490 e. The van der Waals surface area contributed by atoms with Crippen molar-refractivity contribution in [3.63, 3.8) is 0 Å². The smallest absolute Gasteiger partial charge is 0.475 e. The molecule has 0 aromatic carbocycles. The van der Waals surface area contributed by atoms with Gasteiger partial charge in [-0.3, -0.25) is 19.8 Å². The summed E-state index contributed by atoms with van der Waals surface area (Å²) in [5, 5.41) is 14.1. The Morgan fingerprint density at radius 1 is 1.27 bits per heavy atom. The molecule has 0 saturated carbocycles. The number of nitrogens with one attached hydrogen (secondary N) is 1. The summed E-state index contributed by atoms with van der Waals surface area (Å²) in [5.74, 6) is -2.77. The molecule has 2 aromatic heterocycles. The van der Waals surface area contributed by atoms with E-state index >= 15 is 0 Å². The molecule has 33 heavy (non-hydrogen) atoms. The fraction of sp³-hybridized carbons (Fsp3) is 0.524. The number of aromatic amines is 1. The number of carbonyl (C=O) groups excluding carboxylic acids is 1. The zero-order valence-corrected chi connectivity index (χ0v) is 18.1. The van der Waals surface area contributed by atoms with Crippen LogP contribution in [0.4, 0.5) is 13.2 Å². The number of halogens is 3. The lowest BCUT2D eigenvalue weighted by atomic mass is 9.90. The molecule has 1 atom stereocenters. The number of ether oxygens (including phenoxy) is 1. The van der Waals surface area contributed by atoms with Gasteiger partial charge in [-0.05, 0) is 44.5 Å². The molecule has 180 valence electrons. The summed E-state index contributed by atoms with van der Waals surface area (Å²) in [7, 11) is 0. The molecular weight excluding hydrogens is 443 g/mol. The maximum absolute atomic E-state index is 12.8. The highest BCUT2D eigenvalue weighted by Gasteiger charge is 2.42. The van der Waals surface area contributed by atoms with E-state index in [4.69, 9.17) is 14.6 Å². The van der Waals surface area contributed by atoms with Crippen LogP contribution in [-0.4, -0.2) is 86.5 Å². The molecule has 0 radical (unpaired) electrons. The number of H-pyrrole nitrogens is 1. The van der Waals surface area contributed by atoms with Gasteiger partial charge in [-0.15, -0.1) is 0 Å². The van der Waals surface area contributed by atoms with Crippen LogP contribution in [0.25, 0.3) is 0 Å². The summed E-state index contributed by atoms with van der Waals surface area (Å²) in [5.41, 5.74) is 2.17. The van der Waals surface area contributed by atoms with Crippen molar-refractivity contribution >= 4 is 11.9 Å². The van der Waals surface area contributed by atoms with Gasteiger partial charge in [0, 0.05) is 31.5 Å². The standard InChI is InChI=1S/C19H25N5O2.C2HF3O2/c1-15-11-17(22-21-15)18(25)24-9-10-26-19(14-24)6-4-8-23(13-19)12-16-5-2-3-7-20-16;3-2(4,5)1(6)7/h2-3,5,7,11H,4,6,8-10,12-14H2,1H3,(H,21,22);(H,6,7). The molecule has 2 N–H and O–H groups in total. The van der Waals surface area contributed by atoms with E-state index in [0.29, 0.717) is 25.4 Å². The van der Waals surface area contributed by atoms with E-state index in [0.717, 1.165) is 43.9 Å². The first-order chi connectivity index (χ1) is 15.6. The SMILES string of the molecule is Cc1cc(C(=O)N2CCOC3(CCCN(Cc4ccccn4)C3)C2)n[nH]1.O=C(O)C(F)(F)F. The normalized spacial score (nSPS) is 21.4. The molecular formula is C21H26F3N5O4. The van der Waals surface area contributed by atoms with Crippen LogP contribution >= 0.6 is 0 Å². The Kier molecular flexibility index (Phi) is 7.69. The number of likely N-dealkylation sites (tertiary alicyclic amines) is 1. The van der Waals surface area contributed by atoms with Crippen LogP contribution in [0, 0.1) is 6.92 Å². The zero-order chi connectivity index (χ0) is 24.1. The quantitative estimate of drug-likeness (QED) is 0.709. The predicted molar refractivity (Wildman–Crippen MR) is 110 cm³/mol. The van der Waals surface area contributed by atoms with Crippen LogP contribution in [0.5, 0.6) is 0 Å². The van der Waals surface area contributed by atoms with E-state index in [9.17, 15) is 18.0 Å². The summed E-state index contributed by atoms with van der Waals surface area (Å²) in [4.78, 5) is 30.4. The highest BCUT2D eigenvalue weighted by atomic mass is 19.4. The molecule has 0 aliphatic carbocycles. The van der Waals surface area contributed by atoms with E-state index in [1.54, 1.807) is 6.07 Å². The monoisotopic (exact) mass is 469 g/mol. The van der Waals surface area contributed by atoms with Crippen molar-refractivity contribution in [2.75, 3.05) is 32.8 Å². The third-order valence-corrected chi connectivity index (χ3v) is 5.43. The van der Waals surface area contributed by atoms with Gasteiger partial charge in [-0.2, -0.15) is 18.3 Å². The molecule has 12 heteroatoms. The Bertz CT molecular complexity index is 949. The van der Waals surface area contributed by atoms with E-state index in [2.05, 4.69) is 26.1 Å². The first kappa shape index (κ1) is 24.6. The Morgan fingerprint density at radius 2 is 2.03 bits per heavy atom. The van der Waals surface area contributed by atoms with Crippen LogP contribution in [0.15, 0.2) is 30.5 Å². The number of alkyl halides is 3. The van der Waals surface area contributed by atoms with E-state index < -0.39 is 12.1 Å². The Labute approximate surface area is 188 Å². The summed E-state index contributed by atoms with van der Waals surface area (Å²) >= 11 is 0.